The first kappa shape index (κ1) is 17.2. The molecule has 0 spiro atoms. The van der Waals surface area contributed by atoms with E-state index in [0.29, 0.717) is 24.3 Å². The zero-order valence-corrected chi connectivity index (χ0v) is 16.1. The number of urea groups is 1. The number of rotatable bonds is 4. The second-order valence-electron chi connectivity index (χ2n) is 8.17. The van der Waals surface area contributed by atoms with Gasteiger partial charge in [-0.15, -0.1) is 0 Å². The highest BCUT2D eigenvalue weighted by Gasteiger charge is 2.53. The van der Waals surface area contributed by atoms with Crippen LogP contribution in [0.5, 0.6) is 0 Å². The number of carbonyl (C=O) groups excluding carboxylic acids is 2. The fourth-order valence-electron chi connectivity index (χ4n) is 4.41. The summed E-state index contributed by atoms with van der Waals surface area (Å²) < 4.78 is 4.24. The number of aryl methyl sites for hydroxylation is 1. The largest absolute Gasteiger partial charge is 0.402 e. The molecule has 26 heavy (non-hydrogen) atoms. The summed E-state index contributed by atoms with van der Waals surface area (Å²) in [5.41, 5.74) is 1.13. The molecule has 2 fully saturated rings. The topological polar surface area (TPSA) is 61.8 Å². The molecule has 0 bridgehead atoms. The minimum atomic E-state index is -0.513. The number of hydrogen-bond acceptors (Lipinski definition) is 3. The van der Waals surface area contributed by atoms with E-state index in [-0.39, 0.29) is 11.9 Å². The van der Waals surface area contributed by atoms with Crippen LogP contribution in [0, 0.1) is 12.8 Å². The minimum absolute atomic E-state index is 0.153. The summed E-state index contributed by atoms with van der Waals surface area (Å²) in [6.45, 7) is 6.74. The Hall–Kier alpha value is -2.18. The van der Waals surface area contributed by atoms with Gasteiger partial charge in [0, 0.05) is 13.6 Å². The Morgan fingerprint density at radius 2 is 1.96 bits per heavy atom. The van der Waals surface area contributed by atoms with E-state index >= 15 is 0 Å². The predicted molar refractivity (Wildman–Crippen MR) is 97.3 cm³/mol. The molecule has 1 aromatic rings. The Labute approximate surface area is 154 Å². The van der Waals surface area contributed by atoms with Gasteiger partial charge in [0.05, 0.1) is 6.04 Å². The summed E-state index contributed by atoms with van der Waals surface area (Å²) in [6.07, 6.45) is 7.62. The van der Waals surface area contributed by atoms with Gasteiger partial charge in [0.2, 0.25) is 11.9 Å². The molecule has 0 radical (unpaired) electrons. The van der Waals surface area contributed by atoms with Crippen molar-refractivity contribution in [3.8, 4) is 0 Å². The molecule has 3 heterocycles. The van der Waals surface area contributed by atoms with Crippen LogP contribution in [-0.4, -0.2) is 45.7 Å². The van der Waals surface area contributed by atoms with Crippen molar-refractivity contribution in [1.29, 1.82) is 0 Å². The Bertz CT molecular complexity index is 788. The standard InChI is InChI=1S/C19H28N5O2/c1-12(2)9-10-22-17(25)15-16(21(4)19(22)26)20-18-23(15)11-13(3)24(18)14-7-5-6-8-14/h11-12,14-15H,5-10H2,1-4H3/q+1. The Morgan fingerprint density at radius 3 is 2.62 bits per heavy atom. The lowest BCUT2D eigenvalue weighted by atomic mass is 10.1. The fourth-order valence-corrected chi connectivity index (χ4v) is 4.41. The normalized spacial score (nSPS) is 23.1. The molecular formula is C19H28N5O2+. The van der Waals surface area contributed by atoms with Crippen LogP contribution in [0.2, 0.25) is 0 Å². The monoisotopic (exact) mass is 358 g/mol. The van der Waals surface area contributed by atoms with Crippen LogP contribution in [-0.2, 0) is 4.79 Å². The van der Waals surface area contributed by atoms with Gasteiger partial charge in [-0.05, 0) is 44.9 Å². The van der Waals surface area contributed by atoms with E-state index in [4.69, 9.17) is 4.99 Å². The number of aromatic nitrogens is 2. The van der Waals surface area contributed by atoms with E-state index in [9.17, 15) is 9.59 Å². The molecule has 1 saturated carbocycles. The number of nitrogens with zero attached hydrogens (tertiary/aromatic N) is 5. The highest BCUT2D eigenvalue weighted by atomic mass is 16.2. The summed E-state index contributed by atoms with van der Waals surface area (Å²) in [5, 5.41) is 0. The molecule has 140 valence electrons. The minimum Gasteiger partial charge on any atom is -0.270 e. The lowest BCUT2D eigenvalue weighted by Crippen LogP contribution is -2.62. The van der Waals surface area contributed by atoms with Crippen LogP contribution in [0.4, 0.5) is 10.7 Å². The molecule has 7 nitrogen and oxygen atoms in total. The maximum absolute atomic E-state index is 13.1. The van der Waals surface area contributed by atoms with Crippen molar-refractivity contribution in [1.82, 2.24) is 14.4 Å². The van der Waals surface area contributed by atoms with Crippen LogP contribution in [0.3, 0.4) is 0 Å². The van der Waals surface area contributed by atoms with Gasteiger partial charge in [-0.25, -0.2) is 13.9 Å². The molecule has 1 aliphatic carbocycles. The number of imide groups is 1. The molecule has 1 atom stereocenters. The molecule has 3 aliphatic rings. The SMILES string of the molecule is Cc1c[n+]2c(n1C1CCCC1)N=C1C2C(=O)N(CCC(C)C)C(=O)N1C. The summed E-state index contributed by atoms with van der Waals surface area (Å²) in [4.78, 5) is 33.6. The average Bonchev–Trinajstić information content (AvgIpc) is 3.27. The predicted octanol–water partition coefficient (Wildman–Crippen LogP) is 2.72. The van der Waals surface area contributed by atoms with Crippen molar-refractivity contribution >= 4 is 23.7 Å². The van der Waals surface area contributed by atoms with Gasteiger partial charge in [0.15, 0.2) is 0 Å². The zero-order valence-electron chi connectivity index (χ0n) is 16.1. The van der Waals surface area contributed by atoms with Gasteiger partial charge in [-0.1, -0.05) is 18.8 Å². The highest BCUT2D eigenvalue weighted by molar-refractivity contribution is 6.19. The van der Waals surface area contributed by atoms with Crippen molar-refractivity contribution < 1.29 is 14.2 Å². The van der Waals surface area contributed by atoms with E-state index < -0.39 is 6.04 Å². The number of hydrogen-bond donors (Lipinski definition) is 0. The summed E-state index contributed by atoms with van der Waals surface area (Å²) in [6, 6.07) is -0.328. The first-order valence-electron chi connectivity index (χ1n) is 9.70. The lowest BCUT2D eigenvalue weighted by molar-refractivity contribution is -0.677. The van der Waals surface area contributed by atoms with Crippen LogP contribution >= 0.6 is 0 Å². The highest BCUT2D eigenvalue weighted by Crippen LogP contribution is 2.37. The fraction of sp³-hybridized carbons (Fsp3) is 0.684. The third-order valence-corrected chi connectivity index (χ3v) is 5.87. The van der Waals surface area contributed by atoms with Crippen molar-refractivity contribution in [3.63, 3.8) is 0 Å². The lowest BCUT2D eigenvalue weighted by Gasteiger charge is -2.33. The number of amidine groups is 1. The number of imidazole rings is 1. The average molecular weight is 358 g/mol. The van der Waals surface area contributed by atoms with Gasteiger partial charge in [-0.3, -0.25) is 14.6 Å². The summed E-state index contributed by atoms with van der Waals surface area (Å²) in [5.74, 6) is 1.66. The van der Waals surface area contributed by atoms with Crippen molar-refractivity contribution in [2.75, 3.05) is 13.6 Å². The maximum atomic E-state index is 13.1. The molecule has 0 N–H and O–H groups in total. The van der Waals surface area contributed by atoms with Crippen LogP contribution < -0.4 is 4.57 Å². The van der Waals surface area contributed by atoms with E-state index in [2.05, 4.69) is 25.3 Å². The summed E-state index contributed by atoms with van der Waals surface area (Å²) >= 11 is 0. The van der Waals surface area contributed by atoms with Gasteiger partial charge < -0.3 is 0 Å². The van der Waals surface area contributed by atoms with E-state index in [1.165, 1.54) is 17.7 Å². The van der Waals surface area contributed by atoms with E-state index in [0.717, 1.165) is 30.9 Å². The molecule has 1 saturated heterocycles. The van der Waals surface area contributed by atoms with Gasteiger partial charge >= 0.3 is 12.0 Å². The molecule has 7 heteroatoms. The van der Waals surface area contributed by atoms with Crippen molar-refractivity contribution in [3.05, 3.63) is 11.9 Å². The molecule has 1 aromatic heterocycles. The first-order valence-corrected chi connectivity index (χ1v) is 9.70. The van der Waals surface area contributed by atoms with E-state index in [1.807, 2.05) is 10.8 Å². The number of aliphatic imine (C=N–C) groups is 1. The van der Waals surface area contributed by atoms with Gasteiger partial charge in [0.1, 0.15) is 11.9 Å². The van der Waals surface area contributed by atoms with Gasteiger partial charge in [0.25, 0.3) is 5.91 Å². The second-order valence-corrected chi connectivity index (χ2v) is 8.17. The van der Waals surface area contributed by atoms with Crippen molar-refractivity contribution in [2.45, 2.75) is 65.0 Å². The number of carbonyl (C=O) groups is 2. The molecule has 3 amide bonds. The number of likely N-dealkylation sites (N-methyl/N-ethyl adjacent to an activating group) is 1. The second kappa shape index (κ2) is 6.21. The molecule has 0 aromatic carbocycles. The number of amides is 3. The Kier molecular flexibility index (Phi) is 4.12. The first-order chi connectivity index (χ1) is 12.4. The third-order valence-electron chi connectivity index (χ3n) is 5.87. The smallest absolute Gasteiger partial charge is 0.270 e. The van der Waals surface area contributed by atoms with Crippen LogP contribution in [0.1, 0.15) is 63.7 Å². The van der Waals surface area contributed by atoms with Gasteiger partial charge in [-0.2, -0.15) is 0 Å². The van der Waals surface area contributed by atoms with Crippen molar-refractivity contribution in [2.24, 2.45) is 10.9 Å². The molecule has 1 unspecified atom stereocenters. The zero-order chi connectivity index (χ0) is 18.6. The third kappa shape index (κ3) is 2.47. The molecule has 4 rings (SSSR count). The molecule has 2 aliphatic heterocycles. The number of fused-ring (bicyclic) bond motifs is 3. The Balaban J connectivity index is 1.72. The van der Waals surface area contributed by atoms with E-state index in [1.54, 1.807) is 11.9 Å². The van der Waals surface area contributed by atoms with Crippen LogP contribution in [0.25, 0.3) is 0 Å². The quantitative estimate of drug-likeness (QED) is 0.777. The Morgan fingerprint density at radius 1 is 1.27 bits per heavy atom. The van der Waals surface area contributed by atoms with Crippen LogP contribution in [0.15, 0.2) is 11.2 Å². The molecular weight excluding hydrogens is 330 g/mol. The maximum Gasteiger partial charge on any atom is 0.402 e. The summed E-state index contributed by atoms with van der Waals surface area (Å²) in [7, 11) is 1.72.